The summed E-state index contributed by atoms with van der Waals surface area (Å²) in [5.74, 6) is -0.207. The van der Waals surface area contributed by atoms with Crippen LogP contribution in [0.3, 0.4) is 0 Å². The van der Waals surface area contributed by atoms with Crippen LogP contribution in [-0.2, 0) is 0 Å². The molecule has 4 rings (SSSR count). The Morgan fingerprint density at radius 1 is 1.00 bits per heavy atom. The standard InChI is InChI=1S/C22H16BrN3O3/c23-18-10-6-15(7-11-18)20-14-21(16-8-12-19(13-9-16)26(28)29)25(24-20)22(27)17-4-2-1-3-5-17/h1-13,21H,14H2/t21-/m0/s1. The lowest BCUT2D eigenvalue weighted by Gasteiger charge is -2.22. The zero-order chi connectivity index (χ0) is 20.4. The highest BCUT2D eigenvalue weighted by atomic mass is 79.9. The van der Waals surface area contributed by atoms with E-state index >= 15 is 0 Å². The third-order valence-corrected chi connectivity index (χ3v) is 5.33. The molecule has 6 nitrogen and oxygen atoms in total. The Hall–Kier alpha value is -3.32. The number of nitrogens with zero attached hydrogens (tertiary/aromatic N) is 3. The Bertz CT molecular complexity index is 1080. The van der Waals surface area contributed by atoms with Crippen LogP contribution in [0.4, 0.5) is 5.69 Å². The molecule has 0 unspecified atom stereocenters. The van der Waals surface area contributed by atoms with Gasteiger partial charge in [-0.2, -0.15) is 5.10 Å². The van der Waals surface area contributed by atoms with E-state index in [1.54, 1.807) is 24.3 Å². The number of nitro benzene ring substituents is 1. The van der Waals surface area contributed by atoms with Gasteiger partial charge in [0.05, 0.1) is 16.7 Å². The number of hydrogen-bond acceptors (Lipinski definition) is 4. The molecular weight excluding hydrogens is 434 g/mol. The van der Waals surface area contributed by atoms with E-state index in [0.717, 1.165) is 21.3 Å². The lowest BCUT2D eigenvalue weighted by atomic mass is 9.98. The molecule has 1 amide bonds. The lowest BCUT2D eigenvalue weighted by molar-refractivity contribution is -0.384. The second kappa shape index (κ2) is 7.97. The summed E-state index contributed by atoms with van der Waals surface area (Å²) in [5.41, 5.74) is 3.09. The summed E-state index contributed by atoms with van der Waals surface area (Å²) in [6.07, 6.45) is 0.526. The third kappa shape index (κ3) is 3.95. The number of carbonyl (C=O) groups is 1. The number of hydrazone groups is 1. The molecule has 0 N–H and O–H groups in total. The van der Waals surface area contributed by atoms with Gasteiger partial charge in [-0.15, -0.1) is 0 Å². The lowest BCUT2D eigenvalue weighted by Crippen LogP contribution is -2.27. The Balaban J connectivity index is 1.71. The molecule has 0 fully saturated rings. The predicted octanol–water partition coefficient (Wildman–Crippen LogP) is 5.35. The number of carbonyl (C=O) groups excluding carboxylic acids is 1. The third-order valence-electron chi connectivity index (χ3n) is 4.81. The average Bonchev–Trinajstić information content (AvgIpc) is 3.20. The molecule has 1 aliphatic heterocycles. The Morgan fingerprint density at radius 3 is 2.28 bits per heavy atom. The zero-order valence-corrected chi connectivity index (χ0v) is 16.8. The second-order valence-electron chi connectivity index (χ2n) is 6.64. The van der Waals surface area contributed by atoms with E-state index in [9.17, 15) is 14.9 Å². The van der Waals surface area contributed by atoms with E-state index < -0.39 is 4.92 Å². The van der Waals surface area contributed by atoms with Gasteiger partial charge in [0.1, 0.15) is 0 Å². The quantitative estimate of drug-likeness (QED) is 0.397. The van der Waals surface area contributed by atoms with Crippen molar-refractivity contribution in [1.29, 1.82) is 0 Å². The van der Waals surface area contributed by atoms with Crippen molar-refractivity contribution in [3.05, 3.63) is 110 Å². The molecule has 3 aromatic rings. The largest absolute Gasteiger partial charge is 0.274 e. The number of non-ortho nitro benzene ring substituents is 1. The van der Waals surface area contributed by atoms with Gasteiger partial charge in [-0.1, -0.05) is 58.4 Å². The molecule has 1 atom stereocenters. The fourth-order valence-corrected chi connectivity index (χ4v) is 3.57. The summed E-state index contributed by atoms with van der Waals surface area (Å²) < 4.78 is 0.962. The summed E-state index contributed by atoms with van der Waals surface area (Å²) in [5, 5.41) is 17.1. The Kier molecular flexibility index (Phi) is 5.22. The fourth-order valence-electron chi connectivity index (χ4n) is 3.31. The smallest absolute Gasteiger partial charge is 0.267 e. The number of nitro groups is 1. The van der Waals surface area contributed by atoms with Crippen molar-refractivity contribution in [3.8, 4) is 0 Å². The minimum absolute atomic E-state index is 0.0155. The summed E-state index contributed by atoms with van der Waals surface area (Å²) >= 11 is 3.43. The van der Waals surface area contributed by atoms with Crippen molar-refractivity contribution in [3.63, 3.8) is 0 Å². The molecule has 0 aromatic heterocycles. The highest BCUT2D eigenvalue weighted by Crippen LogP contribution is 2.34. The summed E-state index contributed by atoms with van der Waals surface area (Å²) in [7, 11) is 0. The number of halogens is 1. The van der Waals surface area contributed by atoms with E-state index in [1.807, 2.05) is 42.5 Å². The SMILES string of the molecule is O=C(c1ccccc1)N1N=C(c2ccc(Br)cc2)C[C@H]1c1ccc([N+](=O)[O-])cc1. The molecule has 7 heteroatoms. The average molecular weight is 450 g/mol. The van der Waals surface area contributed by atoms with Crippen LogP contribution in [0.5, 0.6) is 0 Å². The van der Waals surface area contributed by atoms with Crippen molar-refractivity contribution >= 4 is 33.2 Å². The number of rotatable bonds is 4. The maximum absolute atomic E-state index is 13.1. The maximum atomic E-state index is 13.1. The number of amides is 1. The molecule has 144 valence electrons. The zero-order valence-electron chi connectivity index (χ0n) is 15.2. The highest BCUT2D eigenvalue weighted by molar-refractivity contribution is 9.10. The molecule has 29 heavy (non-hydrogen) atoms. The van der Waals surface area contributed by atoms with Crippen LogP contribution in [0.25, 0.3) is 0 Å². The molecule has 0 radical (unpaired) electrons. The molecule has 1 heterocycles. The van der Waals surface area contributed by atoms with E-state index in [0.29, 0.717) is 12.0 Å². The second-order valence-corrected chi connectivity index (χ2v) is 7.55. The predicted molar refractivity (Wildman–Crippen MR) is 114 cm³/mol. The van der Waals surface area contributed by atoms with E-state index in [1.165, 1.54) is 17.1 Å². The number of hydrogen-bond donors (Lipinski definition) is 0. The van der Waals surface area contributed by atoms with Crippen molar-refractivity contribution < 1.29 is 9.72 Å². The van der Waals surface area contributed by atoms with Gasteiger partial charge in [-0.25, -0.2) is 5.01 Å². The Labute approximate surface area is 175 Å². The van der Waals surface area contributed by atoms with Gasteiger partial charge < -0.3 is 0 Å². The molecule has 0 aliphatic carbocycles. The minimum Gasteiger partial charge on any atom is -0.267 e. The van der Waals surface area contributed by atoms with Crippen LogP contribution >= 0.6 is 15.9 Å². The molecule has 0 saturated heterocycles. The minimum atomic E-state index is -0.435. The monoisotopic (exact) mass is 449 g/mol. The first kappa shape index (κ1) is 19.0. The molecule has 0 spiro atoms. The van der Waals surface area contributed by atoms with Crippen LogP contribution < -0.4 is 0 Å². The van der Waals surface area contributed by atoms with Gasteiger partial charge in [0.25, 0.3) is 11.6 Å². The van der Waals surface area contributed by atoms with Crippen molar-refractivity contribution in [2.45, 2.75) is 12.5 Å². The first-order valence-electron chi connectivity index (χ1n) is 8.99. The molecule has 0 saturated carbocycles. The van der Waals surface area contributed by atoms with Gasteiger partial charge in [0.15, 0.2) is 0 Å². The van der Waals surface area contributed by atoms with Gasteiger partial charge in [0, 0.05) is 28.6 Å². The van der Waals surface area contributed by atoms with E-state index in [4.69, 9.17) is 0 Å². The maximum Gasteiger partial charge on any atom is 0.274 e. The molecule has 3 aromatic carbocycles. The summed E-state index contributed by atoms with van der Waals surface area (Å²) in [6, 6.07) is 22.7. The highest BCUT2D eigenvalue weighted by Gasteiger charge is 2.33. The van der Waals surface area contributed by atoms with Crippen LogP contribution in [0.15, 0.2) is 88.4 Å². The first-order chi connectivity index (χ1) is 14.0. The molecular formula is C22H16BrN3O3. The van der Waals surface area contributed by atoms with Crippen molar-refractivity contribution in [2.24, 2.45) is 5.10 Å². The van der Waals surface area contributed by atoms with Crippen molar-refractivity contribution in [1.82, 2.24) is 5.01 Å². The Morgan fingerprint density at radius 2 is 1.66 bits per heavy atom. The van der Waals surface area contributed by atoms with Gasteiger partial charge in [0.2, 0.25) is 0 Å². The van der Waals surface area contributed by atoms with Crippen LogP contribution in [0, 0.1) is 10.1 Å². The van der Waals surface area contributed by atoms with Crippen LogP contribution in [0.1, 0.15) is 33.9 Å². The molecule has 0 bridgehead atoms. The van der Waals surface area contributed by atoms with E-state index in [2.05, 4.69) is 21.0 Å². The van der Waals surface area contributed by atoms with Crippen LogP contribution in [-0.4, -0.2) is 21.6 Å². The van der Waals surface area contributed by atoms with Gasteiger partial charge in [-0.05, 0) is 35.4 Å². The van der Waals surface area contributed by atoms with E-state index in [-0.39, 0.29) is 17.6 Å². The normalized spacial score (nSPS) is 15.8. The van der Waals surface area contributed by atoms with Gasteiger partial charge >= 0.3 is 0 Å². The summed E-state index contributed by atoms with van der Waals surface area (Å²) in [4.78, 5) is 23.7. The summed E-state index contributed by atoms with van der Waals surface area (Å²) in [6.45, 7) is 0. The fraction of sp³-hybridized carbons (Fsp3) is 0.0909. The number of benzene rings is 3. The van der Waals surface area contributed by atoms with Crippen molar-refractivity contribution in [2.75, 3.05) is 0 Å². The molecule has 1 aliphatic rings. The van der Waals surface area contributed by atoms with Crippen LogP contribution in [0.2, 0.25) is 0 Å². The topological polar surface area (TPSA) is 75.8 Å². The first-order valence-corrected chi connectivity index (χ1v) is 9.78. The van der Waals surface area contributed by atoms with Gasteiger partial charge in [-0.3, -0.25) is 14.9 Å².